The molecular weight excluding hydrogens is 392 g/mol. The van der Waals surface area contributed by atoms with Gasteiger partial charge in [0.05, 0.1) is 11.4 Å². The number of nitrogens with one attached hydrogen (secondary N) is 1. The lowest BCUT2D eigenvalue weighted by molar-refractivity contribution is 0.208. The number of carbonyl (C=O) groups is 1. The number of amides is 2. The number of anilines is 3. The van der Waals surface area contributed by atoms with E-state index in [1.165, 1.54) is 0 Å². The molecule has 2 heterocycles. The molecule has 160 valence electrons. The molecule has 0 unspecified atom stereocenters. The number of piperazine rings is 1. The summed E-state index contributed by atoms with van der Waals surface area (Å²) >= 11 is 0. The van der Waals surface area contributed by atoms with E-state index in [1.54, 1.807) is 12.3 Å². The lowest BCUT2D eigenvalue weighted by atomic mass is 10.2. The zero-order chi connectivity index (χ0) is 21.6. The Kier molecular flexibility index (Phi) is 6.16. The quantitative estimate of drug-likeness (QED) is 0.660. The van der Waals surface area contributed by atoms with Crippen LogP contribution in [0.2, 0.25) is 0 Å². The zero-order valence-electron chi connectivity index (χ0n) is 17.5. The van der Waals surface area contributed by atoms with Crippen LogP contribution in [-0.4, -0.2) is 47.1 Å². The van der Waals surface area contributed by atoms with Crippen LogP contribution >= 0.6 is 0 Å². The van der Waals surface area contributed by atoms with Gasteiger partial charge in [-0.1, -0.05) is 24.3 Å². The molecule has 0 spiro atoms. The monoisotopic (exact) mass is 418 g/mol. The number of aryl methyl sites for hydroxylation is 1. The van der Waals surface area contributed by atoms with Crippen molar-refractivity contribution in [1.29, 1.82) is 0 Å². The van der Waals surface area contributed by atoms with Crippen molar-refractivity contribution in [2.75, 3.05) is 42.1 Å². The molecule has 1 aromatic heterocycles. The molecular formula is C23H26N6O2. The number of nitrogens with two attached hydrogens (primary N) is 1. The van der Waals surface area contributed by atoms with E-state index in [0.717, 1.165) is 41.5 Å². The molecule has 2 aromatic carbocycles. The predicted molar refractivity (Wildman–Crippen MR) is 121 cm³/mol. The first-order valence-electron chi connectivity index (χ1n) is 10.3. The third kappa shape index (κ3) is 5.22. The minimum atomic E-state index is -0.0730. The maximum absolute atomic E-state index is 12.6. The van der Waals surface area contributed by atoms with Gasteiger partial charge >= 0.3 is 6.03 Å². The van der Waals surface area contributed by atoms with Gasteiger partial charge in [0.1, 0.15) is 12.4 Å². The molecule has 8 heteroatoms. The molecule has 0 saturated carbocycles. The van der Waals surface area contributed by atoms with Crippen LogP contribution in [0.4, 0.5) is 22.1 Å². The number of hydrogen-bond acceptors (Lipinski definition) is 6. The first-order valence-corrected chi connectivity index (χ1v) is 10.3. The highest BCUT2D eigenvalue weighted by molar-refractivity contribution is 5.89. The van der Waals surface area contributed by atoms with E-state index in [9.17, 15) is 4.79 Å². The molecule has 0 atom stereocenters. The van der Waals surface area contributed by atoms with Crippen molar-refractivity contribution in [3.8, 4) is 5.75 Å². The largest absolute Gasteiger partial charge is 0.485 e. The SMILES string of the molecule is Cc1cccc(NC(=O)N2CCN(c3ccccc3OCc3ccnc(N)n3)CC2)c1. The van der Waals surface area contributed by atoms with Gasteiger partial charge in [0.15, 0.2) is 0 Å². The third-order valence-corrected chi connectivity index (χ3v) is 5.15. The minimum Gasteiger partial charge on any atom is -0.485 e. The van der Waals surface area contributed by atoms with E-state index in [0.29, 0.717) is 19.7 Å². The van der Waals surface area contributed by atoms with Gasteiger partial charge in [0.2, 0.25) is 5.95 Å². The Bertz CT molecular complexity index is 1050. The zero-order valence-corrected chi connectivity index (χ0v) is 17.5. The molecule has 2 amide bonds. The van der Waals surface area contributed by atoms with Crippen molar-refractivity contribution < 1.29 is 9.53 Å². The number of nitrogen functional groups attached to an aromatic ring is 1. The number of benzene rings is 2. The number of urea groups is 1. The van der Waals surface area contributed by atoms with Crippen LogP contribution in [0, 0.1) is 6.92 Å². The Hall–Kier alpha value is -3.81. The number of rotatable bonds is 5. The Morgan fingerprint density at radius 1 is 1.10 bits per heavy atom. The fraction of sp³-hybridized carbons (Fsp3) is 0.261. The minimum absolute atomic E-state index is 0.0730. The molecule has 4 rings (SSSR count). The molecule has 0 bridgehead atoms. The van der Waals surface area contributed by atoms with Crippen molar-refractivity contribution in [3.63, 3.8) is 0 Å². The van der Waals surface area contributed by atoms with Gasteiger partial charge in [0, 0.05) is 38.1 Å². The fourth-order valence-corrected chi connectivity index (χ4v) is 3.56. The van der Waals surface area contributed by atoms with E-state index in [2.05, 4.69) is 20.2 Å². The van der Waals surface area contributed by atoms with E-state index in [-0.39, 0.29) is 12.0 Å². The number of hydrogen-bond donors (Lipinski definition) is 2. The van der Waals surface area contributed by atoms with Crippen LogP contribution in [0.3, 0.4) is 0 Å². The van der Waals surface area contributed by atoms with Crippen molar-refractivity contribution in [2.45, 2.75) is 13.5 Å². The topological polar surface area (TPSA) is 96.6 Å². The van der Waals surface area contributed by atoms with E-state index in [1.807, 2.05) is 60.4 Å². The van der Waals surface area contributed by atoms with Crippen molar-refractivity contribution in [3.05, 3.63) is 72.1 Å². The molecule has 3 N–H and O–H groups in total. The van der Waals surface area contributed by atoms with Gasteiger partial charge in [0.25, 0.3) is 0 Å². The molecule has 3 aromatic rings. The Morgan fingerprint density at radius 3 is 2.68 bits per heavy atom. The maximum Gasteiger partial charge on any atom is 0.321 e. The molecule has 1 saturated heterocycles. The van der Waals surface area contributed by atoms with Gasteiger partial charge in [-0.05, 0) is 42.8 Å². The molecule has 0 aliphatic carbocycles. The van der Waals surface area contributed by atoms with E-state index in [4.69, 9.17) is 10.5 Å². The summed E-state index contributed by atoms with van der Waals surface area (Å²) in [6, 6.07) is 17.4. The highest BCUT2D eigenvalue weighted by Crippen LogP contribution is 2.29. The second-order valence-electron chi connectivity index (χ2n) is 7.44. The maximum atomic E-state index is 12.6. The molecule has 31 heavy (non-hydrogen) atoms. The number of nitrogens with zero attached hydrogens (tertiary/aromatic N) is 4. The van der Waals surface area contributed by atoms with Crippen LogP contribution in [0.1, 0.15) is 11.3 Å². The Balaban J connectivity index is 1.36. The van der Waals surface area contributed by atoms with Gasteiger partial charge in [-0.2, -0.15) is 0 Å². The summed E-state index contributed by atoms with van der Waals surface area (Å²) in [5.41, 5.74) is 9.30. The molecule has 1 aliphatic heterocycles. The smallest absolute Gasteiger partial charge is 0.321 e. The molecule has 8 nitrogen and oxygen atoms in total. The Morgan fingerprint density at radius 2 is 1.90 bits per heavy atom. The van der Waals surface area contributed by atoms with Gasteiger partial charge < -0.3 is 25.6 Å². The normalized spacial score (nSPS) is 13.7. The summed E-state index contributed by atoms with van der Waals surface area (Å²) in [6.07, 6.45) is 1.62. The van der Waals surface area contributed by atoms with Gasteiger partial charge in [-0.3, -0.25) is 0 Å². The number of aromatic nitrogens is 2. The van der Waals surface area contributed by atoms with Crippen LogP contribution in [0.5, 0.6) is 5.75 Å². The number of carbonyl (C=O) groups excluding carboxylic acids is 1. The molecule has 1 aliphatic rings. The van der Waals surface area contributed by atoms with Crippen molar-refractivity contribution in [1.82, 2.24) is 14.9 Å². The average Bonchev–Trinajstić information content (AvgIpc) is 2.78. The number of para-hydroxylation sites is 2. The third-order valence-electron chi connectivity index (χ3n) is 5.15. The predicted octanol–water partition coefficient (Wildman–Crippen LogP) is 3.30. The standard InChI is InChI=1S/C23H26N6O2/c1-17-5-4-6-18(15-17)27-23(30)29-13-11-28(12-14-29)20-7-2-3-8-21(20)31-16-19-9-10-25-22(24)26-19/h2-10,15H,11-14,16H2,1H3,(H,27,30)(H2,24,25,26). The van der Waals surface area contributed by atoms with Crippen LogP contribution < -0.4 is 20.7 Å². The summed E-state index contributed by atoms with van der Waals surface area (Å²) in [7, 11) is 0. The highest BCUT2D eigenvalue weighted by Gasteiger charge is 2.23. The van der Waals surface area contributed by atoms with E-state index < -0.39 is 0 Å². The summed E-state index contributed by atoms with van der Waals surface area (Å²) in [4.78, 5) is 24.8. The first-order chi connectivity index (χ1) is 15.1. The second kappa shape index (κ2) is 9.34. The van der Waals surface area contributed by atoms with Gasteiger partial charge in [-0.15, -0.1) is 0 Å². The van der Waals surface area contributed by atoms with Gasteiger partial charge in [-0.25, -0.2) is 14.8 Å². The van der Waals surface area contributed by atoms with Crippen molar-refractivity contribution >= 4 is 23.4 Å². The summed E-state index contributed by atoms with van der Waals surface area (Å²) in [6.45, 7) is 5.03. The van der Waals surface area contributed by atoms with Crippen LogP contribution in [0.15, 0.2) is 60.8 Å². The first kappa shape index (κ1) is 20.5. The Labute approximate surface area is 181 Å². The molecule has 1 fully saturated rings. The van der Waals surface area contributed by atoms with E-state index >= 15 is 0 Å². The van der Waals surface area contributed by atoms with Crippen LogP contribution in [0.25, 0.3) is 0 Å². The second-order valence-corrected chi connectivity index (χ2v) is 7.44. The highest BCUT2D eigenvalue weighted by atomic mass is 16.5. The number of ether oxygens (including phenoxy) is 1. The average molecular weight is 419 g/mol. The molecule has 0 radical (unpaired) electrons. The van der Waals surface area contributed by atoms with Crippen LogP contribution in [-0.2, 0) is 6.61 Å². The summed E-state index contributed by atoms with van der Waals surface area (Å²) in [5.74, 6) is 1.01. The fourth-order valence-electron chi connectivity index (χ4n) is 3.56. The lowest BCUT2D eigenvalue weighted by Crippen LogP contribution is -2.50. The summed E-state index contributed by atoms with van der Waals surface area (Å²) in [5, 5.41) is 2.98. The van der Waals surface area contributed by atoms with Crippen molar-refractivity contribution in [2.24, 2.45) is 0 Å². The summed E-state index contributed by atoms with van der Waals surface area (Å²) < 4.78 is 6.02. The lowest BCUT2D eigenvalue weighted by Gasteiger charge is -2.36.